The number of nitrogens with two attached hydrogens (primary N) is 1. The maximum atomic E-state index is 10.6. The minimum absolute atomic E-state index is 0.303. The largest absolute Gasteiger partial charge is 0.383 e. The van der Waals surface area contributed by atoms with E-state index in [9.17, 15) is 5.11 Å². The number of halogens is 1. The lowest BCUT2D eigenvalue weighted by molar-refractivity contribution is 0.103. The topological polar surface area (TPSA) is 59.1 Å². The molecule has 0 saturated heterocycles. The third-order valence-corrected chi connectivity index (χ3v) is 3.09. The molecule has 1 unspecified atom stereocenters. The lowest BCUT2D eigenvalue weighted by atomic mass is 9.88. The summed E-state index contributed by atoms with van der Waals surface area (Å²) >= 11 is 6.09. The first kappa shape index (κ1) is 11.9. The second-order valence-corrected chi connectivity index (χ2v) is 4.40. The summed E-state index contributed by atoms with van der Waals surface area (Å²) in [5.41, 5.74) is 5.69. The fourth-order valence-corrected chi connectivity index (χ4v) is 2.15. The van der Waals surface area contributed by atoms with Crippen molar-refractivity contribution in [3.8, 4) is 0 Å². The summed E-state index contributed by atoms with van der Waals surface area (Å²) in [6.45, 7) is 1.65. The summed E-state index contributed by atoms with van der Waals surface area (Å²) in [6.07, 6.45) is 1.58. The van der Waals surface area contributed by atoms with Crippen molar-refractivity contribution in [3.05, 3.63) is 58.7 Å². The SMILES string of the molecule is CC(O)(c1ccccc1Cl)c1cccnc1N. The van der Waals surface area contributed by atoms with Gasteiger partial charge in [-0.25, -0.2) is 4.98 Å². The third kappa shape index (κ3) is 2.12. The molecule has 0 bridgehead atoms. The molecule has 4 heteroatoms. The Morgan fingerprint density at radius 1 is 1.18 bits per heavy atom. The fraction of sp³-hybridized carbons (Fsp3) is 0.154. The lowest BCUT2D eigenvalue weighted by Gasteiger charge is -2.26. The van der Waals surface area contributed by atoms with Crippen LogP contribution in [-0.4, -0.2) is 10.1 Å². The van der Waals surface area contributed by atoms with Crippen LogP contribution in [0.25, 0.3) is 0 Å². The van der Waals surface area contributed by atoms with Crippen LogP contribution in [0, 0.1) is 0 Å². The van der Waals surface area contributed by atoms with Gasteiger partial charge in [-0.3, -0.25) is 0 Å². The zero-order valence-corrected chi connectivity index (χ0v) is 10.1. The van der Waals surface area contributed by atoms with Gasteiger partial charge in [0, 0.05) is 22.3 Å². The van der Waals surface area contributed by atoms with E-state index in [1.54, 1.807) is 37.4 Å². The maximum Gasteiger partial charge on any atom is 0.129 e. The molecule has 1 aromatic heterocycles. The van der Waals surface area contributed by atoms with Crippen LogP contribution in [0.5, 0.6) is 0 Å². The molecule has 3 nitrogen and oxygen atoms in total. The molecule has 0 saturated carbocycles. The van der Waals surface area contributed by atoms with Gasteiger partial charge in [0.25, 0.3) is 0 Å². The van der Waals surface area contributed by atoms with Crippen LogP contribution >= 0.6 is 11.6 Å². The normalized spacial score (nSPS) is 14.3. The van der Waals surface area contributed by atoms with Gasteiger partial charge in [0.2, 0.25) is 0 Å². The molecule has 0 aliphatic rings. The van der Waals surface area contributed by atoms with Crippen LogP contribution in [-0.2, 0) is 5.60 Å². The first-order valence-corrected chi connectivity index (χ1v) is 5.59. The van der Waals surface area contributed by atoms with Gasteiger partial charge in [-0.05, 0) is 19.1 Å². The molecular weight excluding hydrogens is 236 g/mol. The minimum atomic E-state index is -1.25. The van der Waals surface area contributed by atoms with Crippen molar-refractivity contribution < 1.29 is 5.11 Å². The van der Waals surface area contributed by atoms with Crippen molar-refractivity contribution in [1.82, 2.24) is 4.98 Å². The van der Waals surface area contributed by atoms with E-state index < -0.39 is 5.60 Å². The fourth-order valence-electron chi connectivity index (χ4n) is 1.83. The number of nitrogen functional groups attached to an aromatic ring is 1. The van der Waals surface area contributed by atoms with Crippen molar-refractivity contribution in [2.24, 2.45) is 0 Å². The van der Waals surface area contributed by atoms with E-state index in [4.69, 9.17) is 17.3 Å². The van der Waals surface area contributed by atoms with E-state index >= 15 is 0 Å². The van der Waals surface area contributed by atoms with Crippen molar-refractivity contribution in [3.63, 3.8) is 0 Å². The van der Waals surface area contributed by atoms with Gasteiger partial charge in [-0.2, -0.15) is 0 Å². The standard InChI is InChI=1S/C13H13ClN2O/c1-13(17,9-5-2-3-7-11(9)14)10-6-4-8-16-12(10)15/h2-8,17H,1H3,(H2,15,16). The van der Waals surface area contributed by atoms with Gasteiger partial charge < -0.3 is 10.8 Å². The number of pyridine rings is 1. The summed E-state index contributed by atoms with van der Waals surface area (Å²) < 4.78 is 0. The van der Waals surface area contributed by atoms with Gasteiger partial charge in [-0.1, -0.05) is 35.9 Å². The molecular formula is C13H13ClN2O. The lowest BCUT2D eigenvalue weighted by Crippen LogP contribution is -2.25. The predicted octanol–water partition coefficient (Wildman–Crippen LogP) is 2.57. The maximum absolute atomic E-state index is 10.6. The zero-order valence-electron chi connectivity index (χ0n) is 9.39. The number of nitrogens with zero attached hydrogens (tertiary/aromatic N) is 1. The minimum Gasteiger partial charge on any atom is -0.383 e. The van der Waals surface area contributed by atoms with E-state index in [2.05, 4.69) is 4.98 Å². The van der Waals surface area contributed by atoms with Crippen LogP contribution in [0.4, 0.5) is 5.82 Å². The van der Waals surface area contributed by atoms with Crippen LogP contribution in [0.2, 0.25) is 5.02 Å². The Kier molecular flexibility index (Phi) is 3.05. The predicted molar refractivity (Wildman–Crippen MR) is 68.8 cm³/mol. The summed E-state index contributed by atoms with van der Waals surface area (Å²) in [5, 5.41) is 11.1. The number of hydrogen-bond donors (Lipinski definition) is 2. The summed E-state index contributed by atoms with van der Waals surface area (Å²) in [7, 11) is 0. The monoisotopic (exact) mass is 248 g/mol. The Bertz CT molecular complexity index is 493. The molecule has 1 heterocycles. The van der Waals surface area contributed by atoms with E-state index in [1.165, 1.54) is 0 Å². The quantitative estimate of drug-likeness (QED) is 0.859. The third-order valence-electron chi connectivity index (χ3n) is 2.76. The molecule has 1 aromatic carbocycles. The van der Waals surface area contributed by atoms with Gasteiger partial charge >= 0.3 is 0 Å². The number of benzene rings is 1. The first-order valence-electron chi connectivity index (χ1n) is 5.22. The number of aliphatic hydroxyl groups is 1. The molecule has 88 valence electrons. The molecule has 3 N–H and O–H groups in total. The van der Waals surface area contributed by atoms with Crippen LogP contribution in [0.15, 0.2) is 42.6 Å². The Hall–Kier alpha value is -1.58. The molecule has 1 atom stereocenters. The summed E-state index contributed by atoms with van der Waals surface area (Å²) in [6, 6.07) is 10.6. The highest BCUT2D eigenvalue weighted by Crippen LogP contribution is 2.35. The van der Waals surface area contributed by atoms with Gasteiger partial charge in [0.15, 0.2) is 0 Å². The molecule has 0 radical (unpaired) electrons. The van der Waals surface area contributed by atoms with E-state index in [1.807, 2.05) is 12.1 Å². The highest BCUT2D eigenvalue weighted by Gasteiger charge is 2.29. The molecule has 2 rings (SSSR count). The van der Waals surface area contributed by atoms with Crippen LogP contribution < -0.4 is 5.73 Å². The van der Waals surface area contributed by atoms with Crippen molar-refractivity contribution in [2.45, 2.75) is 12.5 Å². The summed E-state index contributed by atoms with van der Waals surface area (Å²) in [5.74, 6) is 0.303. The summed E-state index contributed by atoms with van der Waals surface area (Å²) in [4.78, 5) is 3.98. The van der Waals surface area contributed by atoms with Crippen molar-refractivity contribution in [1.29, 1.82) is 0 Å². The van der Waals surface area contributed by atoms with E-state index in [0.717, 1.165) is 0 Å². The average Bonchev–Trinajstić information content (AvgIpc) is 2.29. The van der Waals surface area contributed by atoms with Crippen molar-refractivity contribution >= 4 is 17.4 Å². The van der Waals surface area contributed by atoms with E-state index in [0.29, 0.717) is 22.0 Å². The van der Waals surface area contributed by atoms with Crippen LogP contribution in [0.3, 0.4) is 0 Å². The number of rotatable bonds is 2. The Balaban J connectivity index is 2.58. The second kappa shape index (κ2) is 4.35. The molecule has 0 fully saturated rings. The Labute approximate surface area is 105 Å². The average molecular weight is 249 g/mol. The van der Waals surface area contributed by atoms with Crippen LogP contribution in [0.1, 0.15) is 18.1 Å². The molecule has 0 aliphatic heterocycles. The molecule has 17 heavy (non-hydrogen) atoms. The highest BCUT2D eigenvalue weighted by atomic mass is 35.5. The molecule has 0 spiro atoms. The van der Waals surface area contributed by atoms with Crippen molar-refractivity contribution in [2.75, 3.05) is 5.73 Å². The second-order valence-electron chi connectivity index (χ2n) is 3.99. The van der Waals surface area contributed by atoms with Gasteiger partial charge in [-0.15, -0.1) is 0 Å². The molecule has 0 aliphatic carbocycles. The highest BCUT2D eigenvalue weighted by molar-refractivity contribution is 6.31. The number of anilines is 1. The number of hydrogen-bond acceptors (Lipinski definition) is 3. The number of aromatic nitrogens is 1. The Morgan fingerprint density at radius 2 is 1.82 bits per heavy atom. The van der Waals surface area contributed by atoms with Gasteiger partial charge in [0.05, 0.1) is 0 Å². The first-order chi connectivity index (χ1) is 8.03. The molecule has 0 amide bonds. The smallest absolute Gasteiger partial charge is 0.129 e. The van der Waals surface area contributed by atoms with E-state index in [-0.39, 0.29) is 0 Å². The molecule has 2 aromatic rings. The Morgan fingerprint density at radius 3 is 2.47 bits per heavy atom. The zero-order chi connectivity index (χ0) is 12.5. The van der Waals surface area contributed by atoms with Gasteiger partial charge in [0.1, 0.15) is 11.4 Å².